The Hall–Kier alpha value is -1.35. The zero-order valence-electron chi connectivity index (χ0n) is 10.2. The Kier molecular flexibility index (Phi) is 4.37. The first-order valence-electron chi connectivity index (χ1n) is 5.93. The molecular weight excluding hydrogens is 292 g/mol. The SMILES string of the molecule is CC(C(=O)OCCBr)c1ccc2ccccc2c1. The summed E-state index contributed by atoms with van der Waals surface area (Å²) in [7, 11) is 0. The lowest BCUT2D eigenvalue weighted by atomic mass is 9.98. The summed E-state index contributed by atoms with van der Waals surface area (Å²) >= 11 is 3.24. The van der Waals surface area contributed by atoms with Crippen LogP contribution >= 0.6 is 15.9 Å². The molecule has 0 aliphatic carbocycles. The third-order valence-electron chi connectivity index (χ3n) is 2.95. The van der Waals surface area contributed by atoms with E-state index in [4.69, 9.17) is 4.74 Å². The highest BCUT2D eigenvalue weighted by Gasteiger charge is 2.16. The van der Waals surface area contributed by atoms with Gasteiger partial charge in [-0.05, 0) is 23.3 Å². The molecule has 3 heteroatoms. The predicted octanol–water partition coefficient (Wildman–Crippen LogP) is 3.88. The number of ether oxygens (including phenoxy) is 1. The molecular formula is C15H15BrO2. The normalized spacial score (nSPS) is 12.3. The molecule has 2 aromatic carbocycles. The van der Waals surface area contributed by atoms with Crippen molar-refractivity contribution < 1.29 is 9.53 Å². The van der Waals surface area contributed by atoms with Crippen molar-refractivity contribution in [3.63, 3.8) is 0 Å². The summed E-state index contributed by atoms with van der Waals surface area (Å²) in [5.41, 5.74) is 0.994. The van der Waals surface area contributed by atoms with Crippen LogP contribution in [0.5, 0.6) is 0 Å². The number of benzene rings is 2. The molecule has 0 heterocycles. The molecule has 0 N–H and O–H groups in total. The minimum Gasteiger partial charge on any atom is -0.464 e. The molecule has 0 fully saturated rings. The number of rotatable bonds is 4. The standard InChI is InChI=1S/C15H15BrO2/c1-11(15(17)18-9-8-16)13-7-6-12-4-2-3-5-14(12)10-13/h2-7,10-11H,8-9H2,1H3. The summed E-state index contributed by atoms with van der Waals surface area (Å²) < 4.78 is 5.13. The third-order valence-corrected chi connectivity index (χ3v) is 3.27. The van der Waals surface area contributed by atoms with E-state index in [1.807, 2.05) is 31.2 Å². The average molecular weight is 307 g/mol. The number of alkyl halides is 1. The number of carbonyl (C=O) groups excluding carboxylic acids is 1. The van der Waals surface area contributed by atoms with Crippen molar-refractivity contribution in [3.8, 4) is 0 Å². The maximum absolute atomic E-state index is 11.8. The second-order valence-corrected chi connectivity index (χ2v) is 4.98. The van der Waals surface area contributed by atoms with E-state index in [2.05, 4.69) is 34.1 Å². The first-order valence-corrected chi connectivity index (χ1v) is 7.06. The van der Waals surface area contributed by atoms with E-state index in [1.165, 1.54) is 5.39 Å². The van der Waals surface area contributed by atoms with E-state index in [-0.39, 0.29) is 11.9 Å². The van der Waals surface area contributed by atoms with Gasteiger partial charge in [0.2, 0.25) is 0 Å². The van der Waals surface area contributed by atoms with Crippen LogP contribution in [-0.4, -0.2) is 17.9 Å². The van der Waals surface area contributed by atoms with Gasteiger partial charge >= 0.3 is 5.97 Å². The van der Waals surface area contributed by atoms with Gasteiger partial charge in [0, 0.05) is 5.33 Å². The maximum Gasteiger partial charge on any atom is 0.313 e. The molecule has 2 rings (SSSR count). The summed E-state index contributed by atoms with van der Waals surface area (Å²) in [6.45, 7) is 2.29. The van der Waals surface area contributed by atoms with Crippen molar-refractivity contribution in [1.29, 1.82) is 0 Å². The van der Waals surface area contributed by atoms with Crippen molar-refractivity contribution in [1.82, 2.24) is 0 Å². The van der Waals surface area contributed by atoms with Crippen LogP contribution in [0.2, 0.25) is 0 Å². The Morgan fingerprint density at radius 2 is 1.94 bits per heavy atom. The van der Waals surface area contributed by atoms with E-state index in [0.717, 1.165) is 10.9 Å². The maximum atomic E-state index is 11.8. The summed E-state index contributed by atoms with van der Waals surface area (Å²) in [5.74, 6) is -0.404. The summed E-state index contributed by atoms with van der Waals surface area (Å²) in [6, 6.07) is 14.2. The molecule has 0 saturated carbocycles. The lowest BCUT2D eigenvalue weighted by molar-refractivity contribution is -0.144. The van der Waals surface area contributed by atoms with Crippen molar-refractivity contribution in [3.05, 3.63) is 48.0 Å². The van der Waals surface area contributed by atoms with Crippen molar-refractivity contribution in [2.45, 2.75) is 12.8 Å². The number of carbonyl (C=O) groups is 1. The molecule has 0 aliphatic rings. The molecule has 0 spiro atoms. The summed E-state index contributed by atoms with van der Waals surface area (Å²) in [4.78, 5) is 11.8. The number of fused-ring (bicyclic) bond motifs is 1. The van der Waals surface area contributed by atoms with Gasteiger partial charge in [-0.25, -0.2) is 0 Å². The fourth-order valence-corrected chi connectivity index (χ4v) is 2.04. The van der Waals surface area contributed by atoms with Gasteiger partial charge in [0.05, 0.1) is 5.92 Å². The van der Waals surface area contributed by atoms with E-state index in [0.29, 0.717) is 11.9 Å². The van der Waals surface area contributed by atoms with Gasteiger partial charge in [0.15, 0.2) is 0 Å². The lowest BCUT2D eigenvalue weighted by Gasteiger charge is -2.12. The Bertz CT molecular complexity index is 551. The Labute approximate surface area is 115 Å². The first kappa shape index (κ1) is 13.1. The van der Waals surface area contributed by atoms with Crippen LogP contribution in [-0.2, 0) is 9.53 Å². The molecule has 0 aliphatic heterocycles. The van der Waals surface area contributed by atoms with Gasteiger partial charge in [-0.3, -0.25) is 4.79 Å². The van der Waals surface area contributed by atoms with Gasteiger partial charge < -0.3 is 4.74 Å². The van der Waals surface area contributed by atoms with Crippen LogP contribution in [0, 0.1) is 0 Å². The molecule has 94 valence electrons. The molecule has 0 bridgehead atoms. The molecule has 1 unspecified atom stereocenters. The average Bonchev–Trinajstić information content (AvgIpc) is 2.43. The number of halogens is 1. The van der Waals surface area contributed by atoms with Crippen molar-refractivity contribution in [2.75, 3.05) is 11.9 Å². The molecule has 0 aromatic heterocycles. The van der Waals surface area contributed by atoms with Gasteiger partial charge in [0.25, 0.3) is 0 Å². The third kappa shape index (κ3) is 2.91. The molecule has 2 aromatic rings. The van der Waals surface area contributed by atoms with Crippen LogP contribution in [0.1, 0.15) is 18.4 Å². The molecule has 0 radical (unpaired) electrons. The van der Waals surface area contributed by atoms with E-state index >= 15 is 0 Å². The van der Waals surface area contributed by atoms with Gasteiger partial charge in [-0.1, -0.05) is 58.4 Å². The highest BCUT2D eigenvalue weighted by atomic mass is 79.9. The van der Waals surface area contributed by atoms with Gasteiger partial charge in [-0.2, -0.15) is 0 Å². The fraction of sp³-hybridized carbons (Fsp3) is 0.267. The Morgan fingerprint density at radius 1 is 1.22 bits per heavy atom. The molecule has 0 saturated heterocycles. The monoisotopic (exact) mass is 306 g/mol. The minimum absolute atomic E-state index is 0.176. The van der Waals surface area contributed by atoms with Gasteiger partial charge in [-0.15, -0.1) is 0 Å². The van der Waals surface area contributed by atoms with Crippen molar-refractivity contribution in [2.24, 2.45) is 0 Å². The zero-order chi connectivity index (χ0) is 13.0. The minimum atomic E-state index is -0.228. The lowest BCUT2D eigenvalue weighted by Crippen LogP contribution is -2.14. The fourth-order valence-electron chi connectivity index (χ4n) is 1.88. The largest absolute Gasteiger partial charge is 0.464 e. The topological polar surface area (TPSA) is 26.3 Å². The van der Waals surface area contributed by atoms with Crippen LogP contribution in [0.15, 0.2) is 42.5 Å². The molecule has 1 atom stereocenters. The van der Waals surface area contributed by atoms with Crippen molar-refractivity contribution >= 4 is 32.7 Å². The molecule has 2 nitrogen and oxygen atoms in total. The Morgan fingerprint density at radius 3 is 2.67 bits per heavy atom. The quantitative estimate of drug-likeness (QED) is 0.633. The molecule has 0 amide bonds. The highest BCUT2D eigenvalue weighted by Crippen LogP contribution is 2.22. The van der Waals surface area contributed by atoms with Gasteiger partial charge in [0.1, 0.15) is 6.61 Å². The first-order chi connectivity index (χ1) is 8.72. The highest BCUT2D eigenvalue weighted by molar-refractivity contribution is 9.09. The van der Waals surface area contributed by atoms with Crippen LogP contribution in [0.25, 0.3) is 10.8 Å². The van der Waals surface area contributed by atoms with Crippen LogP contribution in [0.4, 0.5) is 0 Å². The van der Waals surface area contributed by atoms with E-state index < -0.39 is 0 Å². The predicted molar refractivity (Wildman–Crippen MR) is 77.1 cm³/mol. The zero-order valence-corrected chi connectivity index (χ0v) is 11.8. The van der Waals surface area contributed by atoms with Crippen LogP contribution < -0.4 is 0 Å². The number of esters is 1. The number of hydrogen-bond acceptors (Lipinski definition) is 2. The molecule has 18 heavy (non-hydrogen) atoms. The van der Waals surface area contributed by atoms with Crippen LogP contribution in [0.3, 0.4) is 0 Å². The summed E-state index contributed by atoms with van der Waals surface area (Å²) in [6.07, 6.45) is 0. The van der Waals surface area contributed by atoms with E-state index in [9.17, 15) is 4.79 Å². The Balaban J connectivity index is 2.22. The summed E-state index contributed by atoms with van der Waals surface area (Å²) in [5, 5.41) is 3.00. The second kappa shape index (κ2) is 6.01. The second-order valence-electron chi connectivity index (χ2n) is 4.18. The van der Waals surface area contributed by atoms with E-state index in [1.54, 1.807) is 0 Å². The number of hydrogen-bond donors (Lipinski definition) is 0. The smallest absolute Gasteiger partial charge is 0.313 e.